The molecule has 0 bridgehead atoms. The molecule has 0 atom stereocenters. The smallest absolute Gasteiger partial charge is 0.308 e. The van der Waals surface area contributed by atoms with E-state index in [1.165, 1.54) is 12.1 Å². The van der Waals surface area contributed by atoms with Crippen LogP contribution < -0.4 is 0 Å². The second-order valence-corrected chi connectivity index (χ2v) is 5.22. The van der Waals surface area contributed by atoms with E-state index in [0.717, 1.165) is 6.07 Å². The first-order chi connectivity index (χ1) is 9.46. The molecule has 0 saturated heterocycles. The fourth-order valence-electron chi connectivity index (χ4n) is 2.74. The Bertz CT molecular complexity index is 493. The Morgan fingerprint density at radius 3 is 2.65 bits per heavy atom. The normalized spacial score (nSPS) is 26.2. The van der Waals surface area contributed by atoms with E-state index < -0.39 is 11.4 Å². The molecule has 5 heteroatoms. The standard InChI is InChI=1S/C15H19FO4/c1-2-20-14(18)10-5-7-15(19,8-6-10)12-4-3-11(17)9-13(12)16/h3-4,9-10,17,19H,2,5-8H2,1H3. The van der Waals surface area contributed by atoms with E-state index >= 15 is 0 Å². The molecule has 2 N–H and O–H groups in total. The highest BCUT2D eigenvalue weighted by atomic mass is 19.1. The Hall–Kier alpha value is -1.62. The van der Waals surface area contributed by atoms with Gasteiger partial charge in [0, 0.05) is 11.6 Å². The lowest BCUT2D eigenvalue weighted by atomic mass is 9.75. The number of aromatic hydroxyl groups is 1. The van der Waals surface area contributed by atoms with Gasteiger partial charge in [-0.05, 0) is 44.7 Å². The lowest BCUT2D eigenvalue weighted by molar-refractivity contribution is -0.151. The van der Waals surface area contributed by atoms with E-state index in [4.69, 9.17) is 4.74 Å². The molecule has 4 nitrogen and oxygen atoms in total. The lowest BCUT2D eigenvalue weighted by Crippen LogP contribution is -2.35. The van der Waals surface area contributed by atoms with Crippen molar-refractivity contribution in [2.24, 2.45) is 5.92 Å². The first-order valence-corrected chi connectivity index (χ1v) is 6.84. The van der Waals surface area contributed by atoms with E-state index in [0.29, 0.717) is 32.3 Å². The van der Waals surface area contributed by atoms with Gasteiger partial charge in [-0.15, -0.1) is 0 Å². The molecule has 0 aromatic heterocycles. The zero-order valence-corrected chi connectivity index (χ0v) is 11.4. The molecule has 1 aliphatic rings. The van der Waals surface area contributed by atoms with E-state index in [9.17, 15) is 19.4 Å². The first-order valence-electron chi connectivity index (χ1n) is 6.84. The summed E-state index contributed by atoms with van der Waals surface area (Å²) in [5, 5.41) is 19.8. The fraction of sp³-hybridized carbons (Fsp3) is 0.533. The monoisotopic (exact) mass is 282 g/mol. The maximum Gasteiger partial charge on any atom is 0.308 e. The van der Waals surface area contributed by atoms with Gasteiger partial charge in [0.15, 0.2) is 0 Å². The van der Waals surface area contributed by atoms with Gasteiger partial charge in [0.2, 0.25) is 0 Å². The summed E-state index contributed by atoms with van der Waals surface area (Å²) >= 11 is 0. The molecule has 1 fully saturated rings. The van der Waals surface area contributed by atoms with Crippen molar-refractivity contribution >= 4 is 5.97 Å². The Labute approximate surface area is 117 Å². The summed E-state index contributed by atoms with van der Waals surface area (Å²) in [7, 11) is 0. The number of carbonyl (C=O) groups is 1. The summed E-state index contributed by atoms with van der Waals surface area (Å²) in [6.45, 7) is 2.09. The second-order valence-electron chi connectivity index (χ2n) is 5.22. The Morgan fingerprint density at radius 2 is 2.10 bits per heavy atom. The molecule has 1 aromatic rings. The SMILES string of the molecule is CCOC(=O)C1CCC(O)(c2ccc(O)cc2F)CC1. The van der Waals surface area contributed by atoms with Crippen LogP contribution in [-0.4, -0.2) is 22.8 Å². The largest absolute Gasteiger partial charge is 0.508 e. The van der Waals surface area contributed by atoms with Gasteiger partial charge in [0.25, 0.3) is 0 Å². The van der Waals surface area contributed by atoms with E-state index in [1.54, 1.807) is 6.92 Å². The Kier molecular flexibility index (Phi) is 4.28. The van der Waals surface area contributed by atoms with Crippen LogP contribution in [-0.2, 0) is 15.1 Å². The highest BCUT2D eigenvalue weighted by molar-refractivity contribution is 5.72. The third kappa shape index (κ3) is 2.93. The quantitative estimate of drug-likeness (QED) is 0.836. The molecule has 2 rings (SSSR count). The number of carbonyl (C=O) groups excluding carboxylic acids is 1. The molecule has 0 unspecified atom stereocenters. The number of rotatable bonds is 3. The predicted molar refractivity (Wildman–Crippen MR) is 70.6 cm³/mol. The van der Waals surface area contributed by atoms with Gasteiger partial charge in [0.05, 0.1) is 18.1 Å². The summed E-state index contributed by atoms with van der Waals surface area (Å²) in [5.41, 5.74) is -1.10. The summed E-state index contributed by atoms with van der Waals surface area (Å²) < 4.78 is 18.8. The fourth-order valence-corrected chi connectivity index (χ4v) is 2.74. The topological polar surface area (TPSA) is 66.8 Å². The molecular weight excluding hydrogens is 263 g/mol. The number of ether oxygens (including phenoxy) is 1. The minimum absolute atomic E-state index is 0.171. The molecule has 1 aliphatic carbocycles. The third-order valence-corrected chi connectivity index (χ3v) is 3.89. The third-order valence-electron chi connectivity index (χ3n) is 3.89. The van der Waals surface area contributed by atoms with Crippen LogP contribution in [0.4, 0.5) is 4.39 Å². The highest BCUT2D eigenvalue weighted by Crippen LogP contribution is 2.41. The highest BCUT2D eigenvalue weighted by Gasteiger charge is 2.39. The first kappa shape index (κ1) is 14.8. The maximum atomic E-state index is 13.8. The van der Waals surface area contributed by atoms with Crippen molar-refractivity contribution < 1.29 is 24.1 Å². The molecule has 0 amide bonds. The van der Waals surface area contributed by atoms with Gasteiger partial charge in [0.1, 0.15) is 11.6 Å². The molecule has 20 heavy (non-hydrogen) atoms. The number of benzene rings is 1. The second kappa shape index (κ2) is 5.79. The van der Waals surface area contributed by atoms with Crippen LogP contribution >= 0.6 is 0 Å². The zero-order chi connectivity index (χ0) is 14.8. The van der Waals surface area contributed by atoms with Gasteiger partial charge in [-0.2, -0.15) is 0 Å². The number of phenolic OH excluding ortho intramolecular Hbond substituents is 1. The Morgan fingerprint density at radius 1 is 1.45 bits per heavy atom. The lowest BCUT2D eigenvalue weighted by Gasteiger charge is -2.35. The zero-order valence-electron chi connectivity index (χ0n) is 11.4. The molecule has 1 aromatic carbocycles. The van der Waals surface area contributed by atoms with Crippen LogP contribution in [0.1, 0.15) is 38.2 Å². The van der Waals surface area contributed by atoms with E-state index in [1.807, 2.05) is 0 Å². The van der Waals surface area contributed by atoms with Gasteiger partial charge in [-0.3, -0.25) is 4.79 Å². The van der Waals surface area contributed by atoms with Crippen LogP contribution in [0.5, 0.6) is 5.75 Å². The van der Waals surface area contributed by atoms with Crippen molar-refractivity contribution in [2.75, 3.05) is 6.61 Å². The summed E-state index contributed by atoms with van der Waals surface area (Å²) in [6, 6.07) is 3.74. The van der Waals surface area contributed by atoms with Crippen molar-refractivity contribution in [3.63, 3.8) is 0 Å². The van der Waals surface area contributed by atoms with Gasteiger partial charge in [-0.25, -0.2) is 4.39 Å². The molecule has 0 aliphatic heterocycles. The number of halogens is 1. The molecule has 0 heterocycles. The molecule has 110 valence electrons. The number of hydrogen-bond acceptors (Lipinski definition) is 4. The average Bonchev–Trinajstić information content (AvgIpc) is 2.39. The van der Waals surface area contributed by atoms with Crippen LogP contribution in [0.25, 0.3) is 0 Å². The maximum absolute atomic E-state index is 13.8. The van der Waals surface area contributed by atoms with Crippen LogP contribution in [0.3, 0.4) is 0 Å². The van der Waals surface area contributed by atoms with E-state index in [2.05, 4.69) is 0 Å². The molecule has 1 saturated carbocycles. The molecule has 0 spiro atoms. The number of esters is 1. The van der Waals surface area contributed by atoms with Crippen LogP contribution in [0.15, 0.2) is 18.2 Å². The minimum atomic E-state index is -1.28. The molecular formula is C15H19FO4. The predicted octanol–water partition coefficient (Wildman–Crippen LogP) is 2.47. The van der Waals surface area contributed by atoms with Gasteiger partial charge in [-0.1, -0.05) is 0 Å². The van der Waals surface area contributed by atoms with Crippen LogP contribution in [0.2, 0.25) is 0 Å². The van der Waals surface area contributed by atoms with Crippen molar-refractivity contribution in [1.29, 1.82) is 0 Å². The minimum Gasteiger partial charge on any atom is -0.508 e. The van der Waals surface area contributed by atoms with Gasteiger partial charge >= 0.3 is 5.97 Å². The summed E-state index contributed by atoms with van der Waals surface area (Å²) in [5.74, 6) is -1.27. The van der Waals surface area contributed by atoms with Crippen molar-refractivity contribution in [2.45, 2.75) is 38.2 Å². The van der Waals surface area contributed by atoms with Crippen LogP contribution in [0, 0.1) is 11.7 Å². The van der Waals surface area contributed by atoms with Crippen molar-refractivity contribution in [3.8, 4) is 5.75 Å². The average molecular weight is 282 g/mol. The van der Waals surface area contributed by atoms with Gasteiger partial charge < -0.3 is 14.9 Å². The molecule has 0 radical (unpaired) electrons. The number of phenols is 1. The summed E-state index contributed by atoms with van der Waals surface area (Å²) in [4.78, 5) is 11.6. The number of hydrogen-bond donors (Lipinski definition) is 2. The number of aliphatic hydroxyl groups is 1. The summed E-state index contributed by atoms with van der Waals surface area (Å²) in [6.07, 6.45) is 1.54. The Balaban J connectivity index is 2.09. The van der Waals surface area contributed by atoms with E-state index in [-0.39, 0.29) is 23.2 Å². The van der Waals surface area contributed by atoms with Crippen molar-refractivity contribution in [1.82, 2.24) is 0 Å². The van der Waals surface area contributed by atoms with Crippen molar-refractivity contribution in [3.05, 3.63) is 29.6 Å².